The lowest BCUT2D eigenvalue weighted by atomic mass is 9.95. The van der Waals surface area contributed by atoms with Gasteiger partial charge in [-0.05, 0) is 18.9 Å². The van der Waals surface area contributed by atoms with Gasteiger partial charge in [0, 0.05) is 37.6 Å². The lowest BCUT2D eigenvalue weighted by molar-refractivity contribution is 0.0398. The number of hydrogen-bond donors (Lipinski definition) is 2. The number of pyridine rings is 1. The van der Waals surface area contributed by atoms with Gasteiger partial charge in [-0.2, -0.15) is 0 Å². The van der Waals surface area contributed by atoms with Crippen LogP contribution >= 0.6 is 0 Å². The van der Waals surface area contributed by atoms with Crippen molar-refractivity contribution in [1.82, 2.24) is 19.9 Å². The summed E-state index contributed by atoms with van der Waals surface area (Å²) in [7, 11) is 0. The van der Waals surface area contributed by atoms with Crippen molar-refractivity contribution >= 4 is 22.5 Å². The van der Waals surface area contributed by atoms with Crippen LogP contribution in [0.2, 0.25) is 0 Å². The van der Waals surface area contributed by atoms with Crippen molar-refractivity contribution in [3.63, 3.8) is 0 Å². The monoisotopic (exact) mass is 356 g/mol. The average molecular weight is 356 g/mol. The van der Waals surface area contributed by atoms with E-state index in [1.807, 2.05) is 6.20 Å². The molecule has 2 aromatic heterocycles. The van der Waals surface area contributed by atoms with Crippen molar-refractivity contribution in [2.45, 2.75) is 38.1 Å². The standard InChI is InChI=1S/C19H28N6O/c1-2-4-15(5-3-1)24-19-16-12-18(21-13-17(16)22-14-23-19)20-6-7-25-8-10-26-11-9-25/h12-15H,1-11H2,(H,20,21)(H,22,23,24). The van der Waals surface area contributed by atoms with Crippen molar-refractivity contribution in [3.8, 4) is 0 Å². The van der Waals surface area contributed by atoms with Crippen LogP contribution in [0, 0.1) is 0 Å². The summed E-state index contributed by atoms with van der Waals surface area (Å²) in [6, 6.07) is 2.59. The molecule has 7 heteroatoms. The number of ether oxygens (including phenoxy) is 1. The average Bonchev–Trinajstić information content (AvgIpc) is 2.70. The van der Waals surface area contributed by atoms with E-state index in [0.717, 1.165) is 61.9 Å². The lowest BCUT2D eigenvalue weighted by Gasteiger charge is -2.26. The molecule has 1 aliphatic heterocycles. The Kier molecular flexibility index (Phi) is 5.76. The van der Waals surface area contributed by atoms with Gasteiger partial charge >= 0.3 is 0 Å². The first-order valence-electron chi connectivity index (χ1n) is 9.80. The first kappa shape index (κ1) is 17.4. The van der Waals surface area contributed by atoms with Crippen LogP contribution in [-0.4, -0.2) is 65.3 Å². The van der Waals surface area contributed by atoms with Gasteiger partial charge < -0.3 is 15.4 Å². The van der Waals surface area contributed by atoms with Gasteiger partial charge in [0.25, 0.3) is 0 Å². The van der Waals surface area contributed by atoms with E-state index < -0.39 is 0 Å². The van der Waals surface area contributed by atoms with Crippen molar-refractivity contribution < 1.29 is 4.74 Å². The van der Waals surface area contributed by atoms with Crippen LogP contribution in [-0.2, 0) is 4.74 Å². The summed E-state index contributed by atoms with van der Waals surface area (Å²) in [5.74, 6) is 1.81. The van der Waals surface area contributed by atoms with E-state index in [9.17, 15) is 0 Å². The molecule has 2 aliphatic rings. The highest BCUT2D eigenvalue weighted by Gasteiger charge is 2.15. The van der Waals surface area contributed by atoms with Crippen molar-refractivity contribution in [2.75, 3.05) is 50.0 Å². The molecule has 140 valence electrons. The minimum Gasteiger partial charge on any atom is -0.379 e. The summed E-state index contributed by atoms with van der Waals surface area (Å²) in [5, 5.41) is 8.11. The largest absolute Gasteiger partial charge is 0.379 e. The minimum atomic E-state index is 0.521. The zero-order valence-electron chi connectivity index (χ0n) is 15.3. The highest BCUT2D eigenvalue weighted by molar-refractivity contribution is 5.90. The summed E-state index contributed by atoms with van der Waals surface area (Å²) in [4.78, 5) is 15.8. The van der Waals surface area contributed by atoms with Crippen molar-refractivity contribution in [2.24, 2.45) is 0 Å². The molecule has 4 rings (SSSR count). The molecule has 2 aromatic rings. The number of fused-ring (bicyclic) bond motifs is 1. The summed E-state index contributed by atoms with van der Waals surface area (Å²) in [6.07, 6.45) is 9.86. The molecule has 1 saturated heterocycles. The molecule has 0 aromatic carbocycles. The van der Waals surface area contributed by atoms with Gasteiger partial charge in [0.15, 0.2) is 0 Å². The predicted molar refractivity (Wildman–Crippen MR) is 104 cm³/mol. The Morgan fingerprint density at radius 2 is 1.92 bits per heavy atom. The maximum atomic E-state index is 5.39. The molecule has 2 fully saturated rings. The topological polar surface area (TPSA) is 75.2 Å². The second-order valence-electron chi connectivity index (χ2n) is 7.17. The van der Waals surface area contributed by atoms with E-state index in [1.165, 1.54) is 32.1 Å². The summed E-state index contributed by atoms with van der Waals surface area (Å²) in [6.45, 7) is 5.56. The third-order valence-electron chi connectivity index (χ3n) is 5.31. The number of aromatic nitrogens is 3. The van der Waals surface area contributed by atoms with E-state index in [1.54, 1.807) is 6.33 Å². The summed E-state index contributed by atoms with van der Waals surface area (Å²) < 4.78 is 5.39. The Morgan fingerprint density at radius 3 is 2.77 bits per heavy atom. The van der Waals surface area contributed by atoms with Crippen LogP contribution in [0.3, 0.4) is 0 Å². The van der Waals surface area contributed by atoms with Gasteiger partial charge in [-0.25, -0.2) is 15.0 Å². The molecular formula is C19H28N6O. The summed E-state index contributed by atoms with van der Waals surface area (Å²) >= 11 is 0. The Labute approximate surface area is 154 Å². The van der Waals surface area contributed by atoms with Crippen molar-refractivity contribution in [3.05, 3.63) is 18.6 Å². The van der Waals surface area contributed by atoms with Crippen LogP contribution in [0.5, 0.6) is 0 Å². The number of rotatable bonds is 6. The van der Waals surface area contributed by atoms with Crippen LogP contribution < -0.4 is 10.6 Å². The maximum absolute atomic E-state index is 5.39. The SMILES string of the molecule is c1nc(NC2CCCCC2)c2cc(NCCN3CCOCC3)ncc2n1. The Hall–Kier alpha value is -1.99. The third kappa shape index (κ3) is 4.40. The van der Waals surface area contributed by atoms with Gasteiger partial charge in [-0.3, -0.25) is 4.90 Å². The van der Waals surface area contributed by atoms with E-state index in [-0.39, 0.29) is 0 Å². The predicted octanol–water partition coefficient (Wildman–Crippen LogP) is 2.51. The quantitative estimate of drug-likeness (QED) is 0.824. The molecule has 2 N–H and O–H groups in total. The second-order valence-corrected chi connectivity index (χ2v) is 7.17. The highest BCUT2D eigenvalue weighted by Crippen LogP contribution is 2.25. The van der Waals surface area contributed by atoms with Crippen LogP contribution in [0.15, 0.2) is 18.6 Å². The number of morpholine rings is 1. The third-order valence-corrected chi connectivity index (χ3v) is 5.31. The summed E-state index contributed by atoms with van der Waals surface area (Å²) in [5.41, 5.74) is 0.886. The first-order chi connectivity index (χ1) is 12.9. The van der Waals surface area contributed by atoms with E-state index in [2.05, 4.69) is 36.6 Å². The van der Waals surface area contributed by atoms with Gasteiger partial charge in [-0.15, -0.1) is 0 Å². The molecule has 0 amide bonds. The molecule has 3 heterocycles. The number of anilines is 2. The smallest absolute Gasteiger partial charge is 0.137 e. The molecule has 26 heavy (non-hydrogen) atoms. The molecule has 0 radical (unpaired) electrons. The van der Waals surface area contributed by atoms with Gasteiger partial charge in [0.1, 0.15) is 18.0 Å². The van der Waals surface area contributed by atoms with Crippen LogP contribution in [0.25, 0.3) is 10.9 Å². The van der Waals surface area contributed by atoms with Crippen LogP contribution in [0.4, 0.5) is 11.6 Å². The molecular weight excluding hydrogens is 328 g/mol. The first-order valence-corrected chi connectivity index (χ1v) is 9.80. The second kappa shape index (κ2) is 8.60. The fourth-order valence-corrected chi connectivity index (χ4v) is 3.78. The van der Waals surface area contributed by atoms with Gasteiger partial charge in [-0.1, -0.05) is 19.3 Å². The van der Waals surface area contributed by atoms with E-state index >= 15 is 0 Å². The molecule has 0 spiro atoms. The number of nitrogens with one attached hydrogen (secondary N) is 2. The number of hydrogen-bond acceptors (Lipinski definition) is 7. The van der Waals surface area contributed by atoms with Gasteiger partial charge in [0.05, 0.1) is 24.9 Å². The zero-order valence-corrected chi connectivity index (χ0v) is 15.3. The Bertz CT molecular complexity index is 712. The van der Waals surface area contributed by atoms with E-state index in [4.69, 9.17) is 4.74 Å². The normalized spacial score (nSPS) is 19.5. The maximum Gasteiger partial charge on any atom is 0.137 e. The molecule has 7 nitrogen and oxygen atoms in total. The fourth-order valence-electron chi connectivity index (χ4n) is 3.78. The lowest BCUT2D eigenvalue weighted by Crippen LogP contribution is -2.39. The molecule has 1 aliphatic carbocycles. The molecule has 0 bridgehead atoms. The minimum absolute atomic E-state index is 0.521. The number of nitrogens with zero attached hydrogens (tertiary/aromatic N) is 4. The molecule has 0 unspecified atom stereocenters. The Morgan fingerprint density at radius 1 is 1.08 bits per heavy atom. The van der Waals surface area contributed by atoms with Crippen LogP contribution in [0.1, 0.15) is 32.1 Å². The fraction of sp³-hybridized carbons (Fsp3) is 0.632. The highest BCUT2D eigenvalue weighted by atomic mass is 16.5. The molecule has 0 atom stereocenters. The Balaban J connectivity index is 1.42. The molecule has 1 saturated carbocycles. The van der Waals surface area contributed by atoms with Gasteiger partial charge in [0.2, 0.25) is 0 Å². The zero-order chi connectivity index (χ0) is 17.6. The van der Waals surface area contributed by atoms with E-state index in [0.29, 0.717) is 6.04 Å². The van der Waals surface area contributed by atoms with Crippen molar-refractivity contribution in [1.29, 1.82) is 0 Å².